The lowest BCUT2D eigenvalue weighted by molar-refractivity contribution is -0.128. The number of rotatable bonds is 4. The van der Waals surface area contributed by atoms with Gasteiger partial charge in [0, 0.05) is 6.04 Å². The van der Waals surface area contributed by atoms with Gasteiger partial charge in [-0.15, -0.1) is 0 Å². The lowest BCUT2D eigenvalue weighted by atomic mass is 9.95. The Morgan fingerprint density at radius 1 is 1.19 bits per heavy atom. The first-order valence-corrected chi connectivity index (χ1v) is 5.54. The quantitative estimate of drug-likeness (QED) is 0.781. The number of hydrogen-bond donors (Lipinski definition) is 2. The van der Waals surface area contributed by atoms with Crippen LogP contribution in [0.1, 0.15) is 32.1 Å². The minimum absolute atomic E-state index is 0.147. The number of halogens is 3. The topological polar surface area (TPSA) is 41.1 Å². The third-order valence-corrected chi connectivity index (χ3v) is 2.58. The Morgan fingerprint density at radius 2 is 1.81 bits per heavy atom. The van der Waals surface area contributed by atoms with Crippen LogP contribution in [0.2, 0.25) is 0 Å². The van der Waals surface area contributed by atoms with Crippen molar-refractivity contribution >= 4 is 5.91 Å². The molecule has 0 aromatic rings. The number of alkyl halides is 3. The molecule has 0 heterocycles. The summed E-state index contributed by atoms with van der Waals surface area (Å²) >= 11 is 0. The van der Waals surface area contributed by atoms with E-state index in [1.807, 2.05) is 0 Å². The number of carbonyl (C=O) groups is 1. The van der Waals surface area contributed by atoms with Gasteiger partial charge in [0.2, 0.25) is 5.91 Å². The molecule has 0 aliphatic heterocycles. The molecule has 0 radical (unpaired) electrons. The Morgan fingerprint density at radius 3 is 2.38 bits per heavy atom. The third-order valence-electron chi connectivity index (χ3n) is 2.58. The highest BCUT2D eigenvalue weighted by molar-refractivity contribution is 5.78. The van der Waals surface area contributed by atoms with E-state index in [0.29, 0.717) is 0 Å². The van der Waals surface area contributed by atoms with Gasteiger partial charge in [0.05, 0.1) is 13.1 Å². The van der Waals surface area contributed by atoms with Crippen molar-refractivity contribution in [2.24, 2.45) is 0 Å². The molecule has 0 bridgehead atoms. The molecular formula is C10H17F3N2O. The predicted molar refractivity (Wildman–Crippen MR) is 53.9 cm³/mol. The summed E-state index contributed by atoms with van der Waals surface area (Å²) in [5.41, 5.74) is 0. The Hall–Kier alpha value is -0.780. The van der Waals surface area contributed by atoms with Crippen molar-refractivity contribution in [3.63, 3.8) is 0 Å². The van der Waals surface area contributed by atoms with E-state index in [1.165, 1.54) is 6.42 Å². The zero-order chi connectivity index (χ0) is 12.0. The molecule has 2 N–H and O–H groups in total. The van der Waals surface area contributed by atoms with Gasteiger partial charge in [-0.1, -0.05) is 19.3 Å². The number of hydrogen-bond acceptors (Lipinski definition) is 2. The number of carbonyl (C=O) groups excluding carboxylic acids is 1. The summed E-state index contributed by atoms with van der Waals surface area (Å²) in [5, 5.41) is 4.81. The van der Waals surface area contributed by atoms with Crippen LogP contribution in [-0.4, -0.2) is 31.2 Å². The second-order valence-electron chi connectivity index (χ2n) is 4.12. The first-order chi connectivity index (χ1) is 7.47. The average molecular weight is 238 g/mol. The lowest BCUT2D eigenvalue weighted by Crippen LogP contribution is -2.43. The molecule has 94 valence electrons. The van der Waals surface area contributed by atoms with Crippen LogP contribution in [0, 0.1) is 0 Å². The second kappa shape index (κ2) is 6.08. The van der Waals surface area contributed by atoms with Crippen molar-refractivity contribution in [2.45, 2.75) is 44.3 Å². The van der Waals surface area contributed by atoms with Gasteiger partial charge in [-0.3, -0.25) is 4.79 Å². The molecular weight excluding hydrogens is 221 g/mol. The SMILES string of the molecule is O=C(CNCC(F)(F)F)NC1CCCCC1. The Bertz CT molecular complexity index is 225. The van der Waals surface area contributed by atoms with Crippen molar-refractivity contribution in [3.05, 3.63) is 0 Å². The molecule has 0 unspecified atom stereocenters. The summed E-state index contributed by atoms with van der Waals surface area (Å²) in [6, 6.07) is 0.147. The molecule has 1 rings (SSSR count). The molecule has 1 amide bonds. The highest BCUT2D eigenvalue weighted by Gasteiger charge is 2.26. The fourth-order valence-corrected chi connectivity index (χ4v) is 1.84. The van der Waals surface area contributed by atoms with Gasteiger partial charge in [-0.2, -0.15) is 13.2 Å². The van der Waals surface area contributed by atoms with Crippen LogP contribution in [0.15, 0.2) is 0 Å². The van der Waals surface area contributed by atoms with Crippen LogP contribution < -0.4 is 10.6 Å². The van der Waals surface area contributed by atoms with E-state index in [1.54, 1.807) is 0 Å². The van der Waals surface area contributed by atoms with Crippen molar-refractivity contribution in [1.29, 1.82) is 0 Å². The van der Waals surface area contributed by atoms with Crippen LogP contribution in [0.3, 0.4) is 0 Å². The van der Waals surface area contributed by atoms with Crippen molar-refractivity contribution in [3.8, 4) is 0 Å². The zero-order valence-corrected chi connectivity index (χ0v) is 9.07. The van der Waals surface area contributed by atoms with Crippen molar-refractivity contribution in [2.75, 3.05) is 13.1 Å². The van der Waals surface area contributed by atoms with Crippen LogP contribution in [0.5, 0.6) is 0 Å². The molecule has 1 aliphatic carbocycles. The number of nitrogens with one attached hydrogen (secondary N) is 2. The summed E-state index contributed by atoms with van der Waals surface area (Å²) in [4.78, 5) is 11.3. The van der Waals surface area contributed by atoms with Crippen LogP contribution in [-0.2, 0) is 4.79 Å². The molecule has 6 heteroatoms. The molecule has 0 spiro atoms. The van der Waals surface area contributed by atoms with Crippen LogP contribution in [0.4, 0.5) is 13.2 Å². The van der Waals surface area contributed by atoms with E-state index in [4.69, 9.17) is 0 Å². The van der Waals surface area contributed by atoms with Crippen LogP contribution in [0.25, 0.3) is 0 Å². The maximum atomic E-state index is 11.8. The van der Waals surface area contributed by atoms with Gasteiger partial charge >= 0.3 is 6.18 Å². The highest BCUT2D eigenvalue weighted by atomic mass is 19.4. The molecule has 0 aromatic heterocycles. The zero-order valence-electron chi connectivity index (χ0n) is 9.07. The van der Waals surface area contributed by atoms with Gasteiger partial charge in [0.1, 0.15) is 0 Å². The molecule has 1 fully saturated rings. The summed E-state index contributed by atoms with van der Waals surface area (Å²) in [5.74, 6) is -0.351. The Kier molecular flexibility index (Phi) is 5.05. The average Bonchev–Trinajstić information content (AvgIpc) is 2.17. The summed E-state index contributed by atoms with van der Waals surface area (Å²) in [6.45, 7) is -1.39. The first kappa shape index (κ1) is 13.3. The molecule has 0 aromatic carbocycles. The van der Waals surface area contributed by atoms with E-state index in [2.05, 4.69) is 10.6 Å². The van der Waals surface area contributed by atoms with E-state index in [-0.39, 0.29) is 18.5 Å². The van der Waals surface area contributed by atoms with E-state index >= 15 is 0 Å². The predicted octanol–water partition coefficient (Wildman–Crippen LogP) is 1.59. The van der Waals surface area contributed by atoms with E-state index in [0.717, 1.165) is 25.7 Å². The minimum Gasteiger partial charge on any atom is -0.352 e. The van der Waals surface area contributed by atoms with Crippen molar-refractivity contribution < 1.29 is 18.0 Å². The maximum absolute atomic E-state index is 11.8. The Balaban J connectivity index is 2.10. The van der Waals surface area contributed by atoms with Gasteiger partial charge in [0.25, 0.3) is 0 Å². The highest BCUT2D eigenvalue weighted by Crippen LogP contribution is 2.17. The van der Waals surface area contributed by atoms with Gasteiger partial charge in [0.15, 0.2) is 0 Å². The molecule has 0 atom stereocenters. The second-order valence-corrected chi connectivity index (χ2v) is 4.12. The van der Waals surface area contributed by atoms with Crippen molar-refractivity contribution in [1.82, 2.24) is 10.6 Å². The fraction of sp³-hybridized carbons (Fsp3) is 0.900. The largest absolute Gasteiger partial charge is 0.401 e. The normalized spacial score (nSPS) is 18.4. The number of amides is 1. The van der Waals surface area contributed by atoms with Gasteiger partial charge in [-0.25, -0.2) is 0 Å². The summed E-state index contributed by atoms with van der Waals surface area (Å²) in [6.07, 6.45) is 0.960. The first-order valence-electron chi connectivity index (χ1n) is 5.54. The maximum Gasteiger partial charge on any atom is 0.401 e. The molecule has 16 heavy (non-hydrogen) atoms. The van der Waals surface area contributed by atoms with Gasteiger partial charge < -0.3 is 10.6 Å². The fourth-order valence-electron chi connectivity index (χ4n) is 1.84. The third kappa shape index (κ3) is 5.95. The summed E-state index contributed by atoms with van der Waals surface area (Å²) < 4.78 is 35.3. The standard InChI is InChI=1S/C10H17F3N2O/c11-10(12,13)7-14-6-9(16)15-8-4-2-1-3-5-8/h8,14H,1-7H2,(H,15,16). The smallest absolute Gasteiger partial charge is 0.352 e. The van der Waals surface area contributed by atoms with Gasteiger partial charge in [-0.05, 0) is 12.8 Å². The molecule has 0 saturated heterocycles. The minimum atomic E-state index is -4.26. The monoisotopic (exact) mass is 238 g/mol. The van der Waals surface area contributed by atoms with E-state index < -0.39 is 12.7 Å². The molecule has 1 saturated carbocycles. The lowest BCUT2D eigenvalue weighted by Gasteiger charge is -2.22. The Labute approximate surface area is 92.8 Å². The van der Waals surface area contributed by atoms with Crippen LogP contribution >= 0.6 is 0 Å². The summed E-state index contributed by atoms with van der Waals surface area (Å²) in [7, 11) is 0. The van der Waals surface area contributed by atoms with E-state index in [9.17, 15) is 18.0 Å². The molecule has 1 aliphatic rings. The molecule has 3 nitrogen and oxygen atoms in total.